The van der Waals surface area contributed by atoms with Crippen LogP contribution in [0.5, 0.6) is 5.75 Å². The second-order valence-electron chi connectivity index (χ2n) is 6.34. The van der Waals surface area contributed by atoms with Crippen molar-refractivity contribution in [3.8, 4) is 5.75 Å². The molecule has 7 heteroatoms. The number of hydrogen-bond donors (Lipinski definition) is 1. The highest BCUT2D eigenvalue weighted by molar-refractivity contribution is 5.97. The molecule has 1 fully saturated rings. The number of aromatic nitrogens is 2. The molecule has 0 radical (unpaired) electrons. The first-order chi connectivity index (χ1) is 13.3. The van der Waals surface area contributed by atoms with Gasteiger partial charge < -0.3 is 19.7 Å². The molecule has 0 saturated carbocycles. The van der Waals surface area contributed by atoms with Gasteiger partial charge >= 0.3 is 0 Å². The fourth-order valence-corrected chi connectivity index (χ4v) is 3.11. The first kappa shape index (κ1) is 19.1. The molecule has 0 atom stereocenters. The third kappa shape index (κ3) is 5.40. The molecule has 1 aromatic heterocycles. The normalized spacial score (nSPS) is 14.8. The number of hydrogen-bond acceptors (Lipinski definition) is 6. The van der Waals surface area contributed by atoms with Gasteiger partial charge in [0.25, 0.3) is 5.91 Å². The molecule has 2 heterocycles. The molecule has 144 valence electrons. The summed E-state index contributed by atoms with van der Waals surface area (Å²) in [6, 6.07) is 7.46. The number of rotatable bonds is 8. The molecule has 0 bridgehead atoms. The minimum atomic E-state index is -0.0973. The smallest absolute Gasteiger partial charge is 0.255 e. The van der Waals surface area contributed by atoms with Gasteiger partial charge in [-0.15, -0.1) is 0 Å². The lowest BCUT2D eigenvalue weighted by Gasteiger charge is -2.33. The lowest BCUT2D eigenvalue weighted by atomic mass is 10.0. The minimum Gasteiger partial charge on any atom is -0.490 e. The van der Waals surface area contributed by atoms with E-state index in [1.807, 2.05) is 25.1 Å². The lowest BCUT2D eigenvalue weighted by Crippen LogP contribution is -2.45. The third-order valence-corrected chi connectivity index (χ3v) is 4.52. The summed E-state index contributed by atoms with van der Waals surface area (Å²) in [5.74, 6) is 1.38. The third-order valence-electron chi connectivity index (χ3n) is 4.52. The molecule has 0 aliphatic carbocycles. The number of carbonyl (C=O) groups is 1. The van der Waals surface area contributed by atoms with E-state index in [1.165, 1.54) is 0 Å². The standard InChI is InChI=1S/C20H26N4O3/c1-2-26-13-14-27-18-6-4-3-5-17(18)20(25)23-16-7-11-24(12-8-16)19-15-21-9-10-22-19/h3-6,9-10,15-16H,2,7-8,11-14H2,1H3,(H,23,25). The van der Waals surface area contributed by atoms with Crippen molar-refractivity contribution in [1.29, 1.82) is 0 Å². The van der Waals surface area contributed by atoms with Crippen molar-refractivity contribution in [2.45, 2.75) is 25.8 Å². The minimum absolute atomic E-state index is 0.0973. The van der Waals surface area contributed by atoms with Gasteiger partial charge in [0.15, 0.2) is 0 Å². The van der Waals surface area contributed by atoms with Crippen molar-refractivity contribution in [2.24, 2.45) is 0 Å². The van der Waals surface area contributed by atoms with Gasteiger partial charge in [0.05, 0.1) is 18.4 Å². The van der Waals surface area contributed by atoms with Gasteiger partial charge in [-0.3, -0.25) is 9.78 Å². The quantitative estimate of drug-likeness (QED) is 0.719. The van der Waals surface area contributed by atoms with E-state index in [-0.39, 0.29) is 11.9 Å². The Kier molecular flexibility index (Phi) is 6.98. The van der Waals surface area contributed by atoms with Crippen LogP contribution in [0.25, 0.3) is 0 Å². The number of para-hydroxylation sites is 1. The second kappa shape index (κ2) is 9.87. The molecule has 2 aromatic rings. The van der Waals surface area contributed by atoms with E-state index < -0.39 is 0 Å². The van der Waals surface area contributed by atoms with E-state index in [9.17, 15) is 4.79 Å². The Labute approximate surface area is 159 Å². The molecule has 3 rings (SSSR count). The Hall–Kier alpha value is -2.67. The van der Waals surface area contributed by atoms with Crippen molar-refractivity contribution in [3.63, 3.8) is 0 Å². The van der Waals surface area contributed by atoms with Crippen LogP contribution in [0.1, 0.15) is 30.1 Å². The largest absolute Gasteiger partial charge is 0.490 e. The summed E-state index contributed by atoms with van der Waals surface area (Å²) < 4.78 is 11.0. The molecule has 1 amide bonds. The molecule has 1 saturated heterocycles. The van der Waals surface area contributed by atoms with Crippen LogP contribution in [0.15, 0.2) is 42.9 Å². The van der Waals surface area contributed by atoms with E-state index in [0.717, 1.165) is 31.7 Å². The average molecular weight is 370 g/mol. The lowest BCUT2D eigenvalue weighted by molar-refractivity contribution is 0.0915. The van der Waals surface area contributed by atoms with Crippen molar-refractivity contribution in [3.05, 3.63) is 48.4 Å². The highest BCUT2D eigenvalue weighted by atomic mass is 16.5. The van der Waals surface area contributed by atoms with Gasteiger partial charge in [-0.25, -0.2) is 4.98 Å². The van der Waals surface area contributed by atoms with E-state index >= 15 is 0 Å². The van der Waals surface area contributed by atoms with Crippen molar-refractivity contribution in [2.75, 3.05) is 37.8 Å². The second-order valence-corrected chi connectivity index (χ2v) is 6.34. The monoisotopic (exact) mass is 370 g/mol. The summed E-state index contributed by atoms with van der Waals surface area (Å²) in [5.41, 5.74) is 0.561. The number of carbonyl (C=O) groups excluding carboxylic acids is 1. The van der Waals surface area contributed by atoms with Gasteiger partial charge in [0, 0.05) is 38.1 Å². The Bertz CT molecular complexity index is 718. The van der Waals surface area contributed by atoms with Gasteiger partial charge in [-0.05, 0) is 31.9 Å². The van der Waals surface area contributed by atoms with Crippen LogP contribution in [-0.4, -0.2) is 54.8 Å². The number of nitrogens with zero attached hydrogens (tertiary/aromatic N) is 3. The fraction of sp³-hybridized carbons (Fsp3) is 0.450. The van der Waals surface area contributed by atoms with Gasteiger partial charge in [-0.1, -0.05) is 12.1 Å². The summed E-state index contributed by atoms with van der Waals surface area (Å²) >= 11 is 0. The molecule has 0 spiro atoms. The van der Waals surface area contributed by atoms with E-state index in [2.05, 4.69) is 20.2 Å². The maximum absolute atomic E-state index is 12.7. The van der Waals surface area contributed by atoms with Crippen LogP contribution in [-0.2, 0) is 4.74 Å². The molecule has 1 aromatic carbocycles. The molecular weight excluding hydrogens is 344 g/mol. The Morgan fingerprint density at radius 3 is 2.78 bits per heavy atom. The number of piperidine rings is 1. The summed E-state index contributed by atoms with van der Waals surface area (Å²) in [6.45, 7) is 5.21. The zero-order valence-electron chi connectivity index (χ0n) is 15.6. The van der Waals surface area contributed by atoms with E-state index in [4.69, 9.17) is 9.47 Å². The maximum atomic E-state index is 12.7. The number of ether oxygens (including phenoxy) is 2. The molecule has 1 aliphatic heterocycles. The Balaban J connectivity index is 1.52. The van der Waals surface area contributed by atoms with Crippen molar-refractivity contribution >= 4 is 11.7 Å². The predicted octanol–water partition coefficient (Wildman–Crippen LogP) is 2.29. The SMILES string of the molecule is CCOCCOc1ccccc1C(=O)NC1CCN(c2cnccn2)CC1. The first-order valence-corrected chi connectivity index (χ1v) is 9.39. The number of benzene rings is 1. The fourth-order valence-electron chi connectivity index (χ4n) is 3.11. The van der Waals surface area contributed by atoms with Crippen molar-refractivity contribution < 1.29 is 14.3 Å². The molecule has 1 aliphatic rings. The zero-order valence-corrected chi connectivity index (χ0v) is 15.6. The van der Waals surface area contributed by atoms with Gasteiger partial charge in [-0.2, -0.15) is 0 Å². The number of nitrogens with one attached hydrogen (secondary N) is 1. The van der Waals surface area contributed by atoms with Crippen LogP contribution in [0.4, 0.5) is 5.82 Å². The zero-order chi connectivity index (χ0) is 18.9. The van der Waals surface area contributed by atoms with Gasteiger partial charge in [0.1, 0.15) is 18.2 Å². The summed E-state index contributed by atoms with van der Waals surface area (Å²) in [7, 11) is 0. The average Bonchev–Trinajstić information content (AvgIpc) is 2.73. The Morgan fingerprint density at radius 1 is 1.22 bits per heavy atom. The van der Waals surface area contributed by atoms with Crippen LogP contribution in [0, 0.1) is 0 Å². The maximum Gasteiger partial charge on any atom is 0.255 e. The predicted molar refractivity (Wildman–Crippen MR) is 103 cm³/mol. The molecule has 1 N–H and O–H groups in total. The first-order valence-electron chi connectivity index (χ1n) is 9.39. The molecule has 0 unspecified atom stereocenters. The summed E-state index contributed by atoms with van der Waals surface area (Å²) in [6.07, 6.45) is 6.89. The van der Waals surface area contributed by atoms with Crippen molar-refractivity contribution in [1.82, 2.24) is 15.3 Å². The van der Waals surface area contributed by atoms with Crippen LogP contribution < -0.4 is 15.0 Å². The van der Waals surface area contributed by atoms with E-state index in [1.54, 1.807) is 24.7 Å². The van der Waals surface area contributed by atoms with Gasteiger partial charge in [0.2, 0.25) is 0 Å². The Morgan fingerprint density at radius 2 is 2.04 bits per heavy atom. The topological polar surface area (TPSA) is 76.6 Å². The molecule has 27 heavy (non-hydrogen) atoms. The molecular formula is C20H26N4O3. The summed E-state index contributed by atoms with van der Waals surface area (Å²) in [4.78, 5) is 23.4. The highest BCUT2D eigenvalue weighted by Gasteiger charge is 2.23. The number of anilines is 1. The summed E-state index contributed by atoms with van der Waals surface area (Å²) in [5, 5.41) is 3.14. The molecule has 7 nitrogen and oxygen atoms in total. The van der Waals surface area contributed by atoms with Crippen LogP contribution >= 0.6 is 0 Å². The number of amides is 1. The highest BCUT2D eigenvalue weighted by Crippen LogP contribution is 2.20. The van der Waals surface area contributed by atoms with E-state index in [0.29, 0.717) is 31.1 Å². The van der Waals surface area contributed by atoms with Crippen LogP contribution in [0.2, 0.25) is 0 Å². The van der Waals surface area contributed by atoms with Crippen LogP contribution in [0.3, 0.4) is 0 Å².